The molecule has 118 heavy (non-hydrogen) atoms. The average Bonchev–Trinajstić information content (AvgIpc) is 1.82. The maximum absolute atomic E-state index is 13.5. The van der Waals surface area contributed by atoms with E-state index in [4.69, 9.17) is 84.3 Å². The molecule has 600 valence electrons. The number of hydrogen-bond donors (Lipinski definition) is 9. The summed E-state index contributed by atoms with van der Waals surface area (Å²) < 4.78 is 38.1. The Balaban J connectivity index is 0.000000111. The molecule has 10 heterocycles. The Kier molecular flexibility index (Phi) is 25.0. The number of amides is 3. The molecule has 25 heteroatoms. The van der Waals surface area contributed by atoms with Crippen molar-refractivity contribution in [2.75, 3.05) is 66.0 Å². The number of rotatable bonds is 10. The minimum atomic E-state index is -0.830. The molecule has 10 aromatic carbocycles. The van der Waals surface area contributed by atoms with Crippen LogP contribution < -0.4 is 26.0 Å². The monoisotopic (exact) mass is 1760 g/mol. The number of aromatic amines is 5. The third-order valence-electron chi connectivity index (χ3n) is 22.5. The predicted octanol–water partition coefficient (Wildman–Crippen LogP) is 21.7. The van der Waals surface area contributed by atoms with Gasteiger partial charge in [-0.2, -0.15) is 5.26 Å². The number of methoxy groups -OCH3 is 2. The van der Waals surface area contributed by atoms with Crippen molar-refractivity contribution in [3.8, 4) is 11.8 Å². The molecule has 0 radical (unpaired) electrons. The fourth-order valence-corrected chi connectivity index (χ4v) is 18.5. The zero-order valence-electron chi connectivity index (χ0n) is 64.2. The smallest absolute Gasteiger partial charge is 0.318 e. The van der Waals surface area contributed by atoms with Crippen molar-refractivity contribution < 1.29 is 27.8 Å². The predicted molar refractivity (Wildman–Crippen MR) is 474 cm³/mol. The second-order valence-corrected chi connectivity index (χ2v) is 33.0. The molecule has 5 aliphatic heterocycles. The van der Waals surface area contributed by atoms with Gasteiger partial charge in [0.25, 0.3) is 0 Å². The van der Waals surface area contributed by atoms with Crippen molar-refractivity contribution in [2.24, 2.45) is 0 Å². The first-order valence-electron chi connectivity index (χ1n) is 38.9. The number of benzene rings is 10. The number of nitrogens with zero attached hydrogens (tertiary/aromatic N) is 3. The number of nitrogens with one attached hydrogen (secondary N) is 9. The van der Waals surface area contributed by atoms with Crippen LogP contribution in [-0.2, 0) is 41.6 Å². The Hall–Kier alpha value is -10.2. The van der Waals surface area contributed by atoms with Gasteiger partial charge >= 0.3 is 6.03 Å². The van der Waals surface area contributed by atoms with E-state index >= 15 is 0 Å². The second-order valence-electron chi connectivity index (χ2n) is 29.5. The molecule has 0 fully saturated rings. The van der Waals surface area contributed by atoms with Crippen molar-refractivity contribution in [1.29, 1.82) is 5.26 Å². The number of urea groups is 1. The van der Waals surface area contributed by atoms with Gasteiger partial charge in [0.05, 0.1) is 49.0 Å². The van der Waals surface area contributed by atoms with Gasteiger partial charge < -0.3 is 65.5 Å². The van der Waals surface area contributed by atoms with E-state index in [1.54, 1.807) is 20.3 Å². The largest absolute Gasteiger partial charge is 0.497 e. The van der Waals surface area contributed by atoms with Crippen LogP contribution in [0.4, 0.5) is 13.6 Å². The molecule has 0 spiro atoms. The van der Waals surface area contributed by atoms with Crippen molar-refractivity contribution >= 4 is 152 Å². The van der Waals surface area contributed by atoms with Crippen LogP contribution >= 0.6 is 85.5 Å². The van der Waals surface area contributed by atoms with Crippen LogP contribution in [0.3, 0.4) is 0 Å². The molecular formula is C93H81BrCl6F2N12O4. The lowest BCUT2D eigenvalue weighted by atomic mass is 9.92. The van der Waals surface area contributed by atoms with Gasteiger partial charge in [-0.25, -0.2) is 13.6 Å². The Morgan fingerprint density at radius 2 is 0.881 bits per heavy atom. The SMILES string of the molecule is COCC(=O)N1CCc2c([nH]c3ccc(Br)cc23)C1c1cccc(Cl)c1.COc1ccc(C2c3[nH]c4ccc(Cl)cc4c3CCN2C(=O)NCCCl)cc1.Clc1ccc2[nH]c3c(c2c1)CCNC3c1ccccc1.Fc1ccc(C2NCCc3c2[nH]c2ccc(Cl)cc32)cc1F.N#Cc1ccc(C2NCCc3c2[nH]c2ccc(Cl)cc32)cc1. The minimum Gasteiger partial charge on any atom is -0.497 e. The highest BCUT2D eigenvalue weighted by atomic mass is 79.9. The first kappa shape index (κ1) is 81.6. The standard InChI is InChI=1S/C21H21Cl2N3O2.C20H18BrClN2O2.C18H14ClN3.C17H13ClF2N2.C17H15ClN2/c1-28-15-5-2-13(3-6-15)20-19-16(8-11-26(20)21(27)24-10-9-22)17-12-14(23)4-7-18(17)25-19;1-26-11-18(25)24-8-7-15-16-10-13(21)5-6-17(16)23-19(15)20(24)12-3-2-4-14(22)9-12;19-13-5-6-16-15(9-13)14-7-8-21-17(18(14)22-16)12-3-1-11(10-20)2-4-12;18-10-2-4-15-12(8-10)11-5-6-21-16(17(11)22-15)9-1-3-13(19)14(20)7-9;18-12-6-7-15-14(10-12)13-8-9-19-16(17(13)20-15)11-4-2-1-3-5-11/h2-7,12,20,25H,8-11H2,1H3,(H,24,27);2-6,9-10,20,23H,7-8,11H2,1H3;1-6,9,17,21-22H,7-8H2;1-4,7-8,16,21-22H,5-6H2;1-7,10,16,19-20H,8-9H2. The summed E-state index contributed by atoms with van der Waals surface area (Å²) in [5, 5.41) is 31.8. The van der Waals surface area contributed by atoms with Gasteiger partial charge in [-0.1, -0.05) is 147 Å². The number of nitriles is 1. The maximum Gasteiger partial charge on any atom is 0.318 e. The summed E-state index contributed by atoms with van der Waals surface area (Å²) in [5.41, 5.74) is 23.2. The Bertz CT molecular complexity index is 6270. The first-order chi connectivity index (χ1) is 57.4. The normalized spacial score (nSPS) is 17.1. The lowest BCUT2D eigenvalue weighted by Gasteiger charge is -2.36. The number of hydrogen-bond acceptors (Lipinski definition) is 8. The number of fused-ring (bicyclic) bond motifs is 15. The van der Waals surface area contributed by atoms with E-state index in [1.807, 2.05) is 149 Å². The zero-order chi connectivity index (χ0) is 81.8. The van der Waals surface area contributed by atoms with E-state index in [1.165, 1.54) is 78.6 Å². The first-order valence-corrected chi connectivity index (χ1v) is 42.1. The summed E-state index contributed by atoms with van der Waals surface area (Å²) in [6, 6.07) is 69.6. The molecule has 5 aromatic heterocycles. The summed E-state index contributed by atoms with van der Waals surface area (Å²) in [6.07, 6.45) is 4.46. The fraction of sp³-hybridized carbons (Fsp3) is 0.215. The van der Waals surface area contributed by atoms with Gasteiger partial charge in [-0.3, -0.25) is 4.79 Å². The molecule has 5 atom stereocenters. The fourth-order valence-electron chi connectivity index (χ4n) is 17.2. The van der Waals surface area contributed by atoms with Crippen molar-refractivity contribution in [3.05, 3.63) is 343 Å². The van der Waals surface area contributed by atoms with Crippen LogP contribution in [0.2, 0.25) is 25.1 Å². The Labute approximate surface area is 718 Å². The van der Waals surface area contributed by atoms with Crippen molar-refractivity contribution in [1.82, 2.24) is 56.0 Å². The molecular weight excluding hydrogens is 1680 g/mol. The number of ether oxygens (including phenoxy) is 2. The summed E-state index contributed by atoms with van der Waals surface area (Å²) in [5.74, 6) is -0.527. The van der Waals surface area contributed by atoms with E-state index < -0.39 is 11.6 Å². The molecule has 16 nitrogen and oxygen atoms in total. The Morgan fingerprint density at radius 1 is 0.458 bits per heavy atom. The van der Waals surface area contributed by atoms with Gasteiger partial charge in [-0.05, 0) is 227 Å². The van der Waals surface area contributed by atoms with Gasteiger partial charge in [0.2, 0.25) is 5.91 Å². The number of carbonyl (C=O) groups excluding carboxylic acids is 2. The van der Waals surface area contributed by atoms with Crippen LogP contribution in [0.1, 0.15) is 120 Å². The molecule has 3 amide bonds. The number of halogens is 9. The lowest BCUT2D eigenvalue weighted by molar-refractivity contribution is -0.137. The minimum absolute atomic E-state index is 0.0250. The average molecular weight is 1760 g/mol. The molecule has 5 aliphatic rings. The lowest BCUT2D eigenvalue weighted by Crippen LogP contribution is -2.46. The summed E-state index contributed by atoms with van der Waals surface area (Å²) in [4.78, 5) is 46.8. The van der Waals surface area contributed by atoms with Gasteiger partial charge in [0.1, 0.15) is 12.4 Å². The topological polar surface area (TPSA) is 210 Å². The molecule has 0 aliphatic carbocycles. The van der Waals surface area contributed by atoms with E-state index in [2.05, 4.69) is 123 Å². The van der Waals surface area contributed by atoms with E-state index in [0.717, 1.165) is 139 Å². The van der Waals surface area contributed by atoms with Crippen LogP contribution in [0.5, 0.6) is 5.75 Å². The van der Waals surface area contributed by atoms with E-state index in [0.29, 0.717) is 51.7 Å². The quantitative estimate of drug-likeness (QED) is 0.0600. The summed E-state index contributed by atoms with van der Waals surface area (Å²) in [7, 11) is 3.18. The number of aromatic nitrogens is 5. The Morgan fingerprint density at radius 3 is 1.36 bits per heavy atom. The second kappa shape index (κ2) is 36.2. The summed E-state index contributed by atoms with van der Waals surface area (Å²) >= 11 is 40.1. The third-order valence-corrected chi connectivity index (χ3v) is 24.4. The zero-order valence-corrected chi connectivity index (χ0v) is 70.3. The molecule has 0 saturated heterocycles. The number of alkyl halides is 1. The van der Waals surface area contributed by atoms with Crippen molar-refractivity contribution in [3.63, 3.8) is 0 Å². The van der Waals surface area contributed by atoms with Crippen LogP contribution in [0, 0.1) is 23.0 Å². The van der Waals surface area contributed by atoms with Crippen molar-refractivity contribution in [2.45, 2.75) is 62.3 Å². The van der Waals surface area contributed by atoms with Gasteiger partial charge in [0.15, 0.2) is 11.6 Å². The third kappa shape index (κ3) is 17.1. The highest BCUT2D eigenvalue weighted by Crippen LogP contribution is 2.44. The number of H-pyrrole nitrogens is 5. The van der Waals surface area contributed by atoms with Gasteiger partial charge in [0, 0.05) is 165 Å². The van der Waals surface area contributed by atoms with Crippen LogP contribution in [-0.4, -0.2) is 113 Å². The molecule has 0 saturated carbocycles. The molecule has 20 rings (SSSR count). The van der Waals surface area contributed by atoms with E-state index in [-0.39, 0.29) is 48.8 Å². The van der Waals surface area contributed by atoms with Crippen LogP contribution in [0.15, 0.2) is 217 Å². The summed E-state index contributed by atoms with van der Waals surface area (Å²) in [6.45, 7) is 4.45. The molecule has 9 N–H and O–H groups in total. The van der Waals surface area contributed by atoms with Gasteiger partial charge in [-0.15, -0.1) is 11.6 Å². The molecule has 5 unspecified atom stereocenters. The highest BCUT2D eigenvalue weighted by Gasteiger charge is 2.37. The van der Waals surface area contributed by atoms with E-state index in [9.17, 15) is 18.4 Å². The highest BCUT2D eigenvalue weighted by molar-refractivity contribution is 9.10. The van der Waals surface area contributed by atoms with Crippen LogP contribution in [0.25, 0.3) is 54.5 Å². The molecule has 15 aromatic rings. The molecule has 0 bridgehead atoms. The number of carbonyl (C=O) groups is 2. The maximum atomic E-state index is 13.5.